The van der Waals surface area contributed by atoms with Crippen LogP contribution < -0.4 is 0 Å². The van der Waals surface area contributed by atoms with E-state index in [2.05, 4.69) is 28.6 Å². The van der Waals surface area contributed by atoms with Gasteiger partial charge in [0.2, 0.25) is 0 Å². The van der Waals surface area contributed by atoms with E-state index in [1.165, 1.54) is 0 Å². The fraction of sp³-hybridized carbons (Fsp3) is 0.200. The van der Waals surface area contributed by atoms with Gasteiger partial charge >= 0.3 is 5.97 Å². The molecule has 0 fully saturated rings. The number of carbonyl (C=O) groups excluding carboxylic acids is 1. The zero-order chi connectivity index (χ0) is 11.4. The molecular formula is C10H8BrNO2S. The van der Waals surface area contributed by atoms with Crippen LogP contribution in [0.2, 0.25) is 0 Å². The Morgan fingerprint density at radius 2 is 2.33 bits per heavy atom. The molecule has 0 atom stereocenters. The SMILES string of the molecule is CCOC(=O)c1cc(Br)cc(C#N)c1S. The highest BCUT2D eigenvalue weighted by Crippen LogP contribution is 2.24. The maximum atomic E-state index is 11.5. The summed E-state index contributed by atoms with van der Waals surface area (Å²) in [5.41, 5.74) is 0.641. The Morgan fingerprint density at radius 3 is 2.87 bits per heavy atom. The zero-order valence-electron chi connectivity index (χ0n) is 7.95. The molecule has 3 nitrogen and oxygen atoms in total. The molecule has 15 heavy (non-hydrogen) atoms. The van der Waals surface area contributed by atoms with Gasteiger partial charge in [-0.15, -0.1) is 12.6 Å². The summed E-state index contributed by atoms with van der Waals surface area (Å²) in [5.74, 6) is -0.472. The zero-order valence-corrected chi connectivity index (χ0v) is 10.4. The molecule has 0 aliphatic carbocycles. The van der Waals surface area contributed by atoms with Crippen LogP contribution in [0.25, 0.3) is 0 Å². The van der Waals surface area contributed by atoms with Gasteiger partial charge < -0.3 is 4.74 Å². The van der Waals surface area contributed by atoms with Gasteiger partial charge in [-0.25, -0.2) is 4.79 Å². The van der Waals surface area contributed by atoms with E-state index in [-0.39, 0.29) is 0 Å². The summed E-state index contributed by atoms with van der Waals surface area (Å²) >= 11 is 7.34. The first-order valence-electron chi connectivity index (χ1n) is 4.19. The van der Waals surface area contributed by atoms with Crippen LogP contribution in [0.5, 0.6) is 0 Å². The summed E-state index contributed by atoms with van der Waals surface area (Å²) in [6, 6.07) is 5.15. The van der Waals surface area contributed by atoms with Gasteiger partial charge in [0.15, 0.2) is 0 Å². The number of ether oxygens (including phenoxy) is 1. The topological polar surface area (TPSA) is 50.1 Å². The second-order valence-corrected chi connectivity index (χ2v) is 4.04. The lowest BCUT2D eigenvalue weighted by Crippen LogP contribution is -2.06. The van der Waals surface area contributed by atoms with Gasteiger partial charge in [-0.05, 0) is 19.1 Å². The Balaban J connectivity index is 3.24. The quantitative estimate of drug-likeness (QED) is 0.672. The van der Waals surface area contributed by atoms with E-state index in [0.29, 0.717) is 27.1 Å². The van der Waals surface area contributed by atoms with Crippen LogP contribution in [0.15, 0.2) is 21.5 Å². The van der Waals surface area contributed by atoms with Crippen LogP contribution in [-0.4, -0.2) is 12.6 Å². The lowest BCUT2D eigenvalue weighted by atomic mass is 10.1. The van der Waals surface area contributed by atoms with Gasteiger partial charge in [0.1, 0.15) is 6.07 Å². The van der Waals surface area contributed by atoms with Crippen molar-refractivity contribution in [1.82, 2.24) is 0 Å². The minimum Gasteiger partial charge on any atom is -0.462 e. The van der Waals surface area contributed by atoms with E-state index < -0.39 is 5.97 Å². The summed E-state index contributed by atoms with van der Waals surface area (Å²) in [7, 11) is 0. The van der Waals surface area contributed by atoms with Crippen LogP contribution >= 0.6 is 28.6 Å². The van der Waals surface area contributed by atoms with Crippen LogP contribution in [0.1, 0.15) is 22.8 Å². The summed E-state index contributed by atoms with van der Waals surface area (Å²) in [6.07, 6.45) is 0. The average molecular weight is 286 g/mol. The lowest BCUT2D eigenvalue weighted by molar-refractivity contribution is 0.0522. The van der Waals surface area contributed by atoms with E-state index in [9.17, 15) is 4.79 Å². The molecule has 0 aromatic heterocycles. The number of halogens is 1. The predicted octanol–water partition coefficient (Wildman–Crippen LogP) is 2.79. The van der Waals surface area contributed by atoms with Crippen LogP contribution in [0.3, 0.4) is 0 Å². The van der Waals surface area contributed by atoms with Crippen molar-refractivity contribution in [3.63, 3.8) is 0 Å². The molecule has 0 saturated carbocycles. The molecule has 0 amide bonds. The maximum Gasteiger partial charge on any atom is 0.339 e. The summed E-state index contributed by atoms with van der Waals surface area (Å²) in [5, 5.41) is 8.81. The molecule has 0 bridgehead atoms. The van der Waals surface area contributed by atoms with E-state index in [1.807, 2.05) is 6.07 Å². The number of nitriles is 1. The Labute approximate surface area is 102 Å². The standard InChI is InChI=1S/C10H8BrNO2S/c1-2-14-10(13)8-4-7(11)3-6(5-12)9(8)15/h3-4,15H,2H2,1H3. The van der Waals surface area contributed by atoms with Crippen molar-refractivity contribution in [2.24, 2.45) is 0 Å². The van der Waals surface area contributed by atoms with Crippen LogP contribution in [0, 0.1) is 11.3 Å². The van der Waals surface area contributed by atoms with Crippen LogP contribution in [-0.2, 0) is 4.74 Å². The molecule has 0 saturated heterocycles. The van der Waals surface area contributed by atoms with E-state index in [0.717, 1.165) is 0 Å². The molecule has 0 unspecified atom stereocenters. The summed E-state index contributed by atoms with van der Waals surface area (Å²) in [6.45, 7) is 2.01. The number of benzene rings is 1. The highest BCUT2D eigenvalue weighted by atomic mass is 79.9. The second-order valence-electron chi connectivity index (χ2n) is 2.68. The van der Waals surface area contributed by atoms with Crippen molar-refractivity contribution >= 4 is 34.5 Å². The molecular weight excluding hydrogens is 278 g/mol. The third-order valence-corrected chi connectivity index (χ3v) is 2.63. The van der Waals surface area contributed by atoms with E-state index in [1.54, 1.807) is 19.1 Å². The monoisotopic (exact) mass is 285 g/mol. The molecule has 0 aliphatic heterocycles. The second kappa shape index (κ2) is 5.19. The fourth-order valence-electron chi connectivity index (χ4n) is 1.05. The van der Waals surface area contributed by atoms with Gasteiger partial charge in [-0.1, -0.05) is 15.9 Å². The van der Waals surface area contributed by atoms with Gasteiger partial charge in [-0.2, -0.15) is 5.26 Å². The van der Waals surface area contributed by atoms with E-state index >= 15 is 0 Å². The van der Waals surface area contributed by atoms with Crippen molar-refractivity contribution in [2.75, 3.05) is 6.61 Å². The number of nitrogens with zero attached hydrogens (tertiary/aromatic N) is 1. The average Bonchev–Trinajstić information content (AvgIpc) is 2.21. The summed E-state index contributed by atoms with van der Waals surface area (Å²) < 4.78 is 5.50. The Kier molecular flexibility index (Phi) is 4.18. The normalized spacial score (nSPS) is 9.47. The molecule has 0 heterocycles. The molecule has 1 rings (SSSR count). The molecule has 1 aromatic rings. The molecule has 5 heteroatoms. The van der Waals surface area contributed by atoms with Crippen LogP contribution in [0.4, 0.5) is 0 Å². The molecule has 1 aromatic carbocycles. The number of hydrogen-bond donors (Lipinski definition) is 1. The number of esters is 1. The molecule has 0 aliphatic rings. The fourth-order valence-corrected chi connectivity index (χ4v) is 1.78. The molecule has 0 spiro atoms. The minimum absolute atomic E-state index is 0.292. The predicted molar refractivity (Wildman–Crippen MR) is 62.1 cm³/mol. The van der Waals surface area contributed by atoms with Crippen molar-refractivity contribution in [3.8, 4) is 6.07 Å². The van der Waals surface area contributed by atoms with Gasteiger partial charge in [-0.3, -0.25) is 0 Å². The number of rotatable bonds is 2. The Bertz CT molecular complexity index is 440. The third kappa shape index (κ3) is 2.74. The van der Waals surface area contributed by atoms with Crippen molar-refractivity contribution in [3.05, 3.63) is 27.7 Å². The van der Waals surface area contributed by atoms with Crippen molar-refractivity contribution in [2.45, 2.75) is 11.8 Å². The highest BCUT2D eigenvalue weighted by molar-refractivity contribution is 9.10. The first-order valence-corrected chi connectivity index (χ1v) is 5.44. The number of thiol groups is 1. The first kappa shape index (κ1) is 12.1. The number of carbonyl (C=O) groups is 1. The molecule has 78 valence electrons. The first-order chi connectivity index (χ1) is 7.10. The lowest BCUT2D eigenvalue weighted by Gasteiger charge is -2.06. The van der Waals surface area contributed by atoms with Gasteiger partial charge in [0, 0.05) is 9.37 Å². The van der Waals surface area contributed by atoms with Crippen molar-refractivity contribution in [1.29, 1.82) is 5.26 Å². The van der Waals surface area contributed by atoms with E-state index in [4.69, 9.17) is 10.00 Å². The maximum absolute atomic E-state index is 11.5. The minimum atomic E-state index is -0.472. The van der Waals surface area contributed by atoms with Gasteiger partial charge in [0.25, 0.3) is 0 Å². The number of hydrogen-bond acceptors (Lipinski definition) is 4. The Morgan fingerprint density at radius 1 is 1.67 bits per heavy atom. The smallest absolute Gasteiger partial charge is 0.339 e. The van der Waals surface area contributed by atoms with Gasteiger partial charge in [0.05, 0.1) is 17.7 Å². The largest absolute Gasteiger partial charge is 0.462 e. The summed E-state index contributed by atoms with van der Waals surface area (Å²) in [4.78, 5) is 11.8. The Hall–Kier alpha value is -0.990. The third-order valence-electron chi connectivity index (χ3n) is 1.69. The van der Waals surface area contributed by atoms with Crippen molar-refractivity contribution < 1.29 is 9.53 Å². The highest BCUT2D eigenvalue weighted by Gasteiger charge is 2.14. The molecule has 0 N–H and O–H groups in total. The molecule has 0 radical (unpaired) electrons.